The summed E-state index contributed by atoms with van der Waals surface area (Å²) in [4.78, 5) is 12.2. The summed E-state index contributed by atoms with van der Waals surface area (Å²) in [6.07, 6.45) is 1.61. The third-order valence-electron chi connectivity index (χ3n) is 3.69. The van der Waals surface area contributed by atoms with E-state index >= 15 is 0 Å². The minimum Gasteiger partial charge on any atom is -0.325 e. The molecule has 0 heterocycles. The summed E-state index contributed by atoms with van der Waals surface area (Å²) in [6, 6.07) is 14.5. The minimum absolute atomic E-state index is 0.222. The number of anilines is 1. The van der Waals surface area contributed by atoms with Gasteiger partial charge in [0.25, 0.3) is 0 Å². The smallest absolute Gasteiger partial charge is 0.239 e. The maximum Gasteiger partial charge on any atom is 0.239 e. The van der Waals surface area contributed by atoms with Gasteiger partial charge < -0.3 is 5.32 Å². The molecule has 0 aromatic heterocycles. The molecule has 1 N–H and O–H groups in total. The third-order valence-corrected chi connectivity index (χ3v) is 5.19. The van der Waals surface area contributed by atoms with Crippen LogP contribution in [0.4, 0.5) is 5.69 Å². The van der Waals surface area contributed by atoms with Gasteiger partial charge in [0.2, 0.25) is 15.9 Å². The van der Waals surface area contributed by atoms with E-state index in [1.807, 2.05) is 31.2 Å². The zero-order chi connectivity index (χ0) is 18.4. The summed E-state index contributed by atoms with van der Waals surface area (Å²) in [5, 5.41) is 3.34. The summed E-state index contributed by atoms with van der Waals surface area (Å²) < 4.78 is 25.1. The number of hydrogen-bond acceptors (Lipinski definition) is 3. The van der Waals surface area contributed by atoms with E-state index in [1.165, 1.54) is 4.31 Å². The van der Waals surface area contributed by atoms with Crippen molar-refractivity contribution in [2.24, 2.45) is 0 Å². The molecule has 0 spiro atoms. The van der Waals surface area contributed by atoms with Crippen LogP contribution in [-0.4, -0.2) is 38.0 Å². The second-order valence-corrected chi connectivity index (χ2v) is 8.31. The molecular formula is C18H21ClN2O3S. The highest BCUT2D eigenvalue weighted by Gasteiger charge is 2.20. The maximum absolute atomic E-state index is 12.2. The number of hydrogen-bond donors (Lipinski definition) is 1. The lowest BCUT2D eigenvalue weighted by atomic mass is 10.1. The van der Waals surface area contributed by atoms with E-state index in [9.17, 15) is 13.2 Å². The molecule has 0 saturated carbocycles. The number of carbonyl (C=O) groups excluding carboxylic acids is 1. The Morgan fingerprint density at radius 3 is 2.24 bits per heavy atom. The molecule has 0 aliphatic heterocycles. The van der Waals surface area contributed by atoms with Crippen molar-refractivity contribution in [1.29, 1.82) is 0 Å². The molecule has 5 nitrogen and oxygen atoms in total. The van der Waals surface area contributed by atoms with Gasteiger partial charge in [0.1, 0.15) is 0 Å². The van der Waals surface area contributed by atoms with Crippen molar-refractivity contribution in [2.45, 2.75) is 13.3 Å². The largest absolute Gasteiger partial charge is 0.325 e. The summed E-state index contributed by atoms with van der Waals surface area (Å²) in [6.45, 7) is 1.95. The summed E-state index contributed by atoms with van der Waals surface area (Å²) in [5.74, 6) is -0.370. The lowest BCUT2D eigenvalue weighted by molar-refractivity contribution is -0.116. The second-order valence-electron chi connectivity index (χ2n) is 5.89. The molecule has 25 heavy (non-hydrogen) atoms. The third kappa shape index (κ3) is 6.49. The van der Waals surface area contributed by atoms with Crippen molar-refractivity contribution in [3.05, 3.63) is 64.7 Å². The molecule has 2 aromatic carbocycles. The number of halogens is 1. The van der Waals surface area contributed by atoms with Crippen LogP contribution in [0.15, 0.2) is 48.5 Å². The van der Waals surface area contributed by atoms with Gasteiger partial charge in [0.05, 0.1) is 12.8 Å². The Morgan fingerprint density at radius 2 is 1.68 bits per heavy atom. The van der Waals surface area contributed by atoms with E-state index in [2.05, 4.69) is 5.32 Å². The Kier molecular flexibility index (Phi) is 6.58. The highest BCUT2D eigenvalue weighted by molar-refractivity contribution is 7.88. The van der Waals surface area contributed by atoms with Gasteiger partial charge in [-0.2, -0.15) is 4.31 Å². The topological polar surface area (TPSA) is 66.5 Å². The monoisotopic (exact) mass is 380 g/mol. The molecule has 0 aliphatic carbocycles. The first-order chi connectivity index (χ1) is 11.7. The van der Waals surface area contributed by atoms with Gasteiger partial charge in [0, 0.05) is 17.3 Å². The number of sulfonamides is 1. The molecule has 2 rings (SSSR count). The first-order valence-corrected chi connectivity index (χ1v) is 10.0. The Hall–Kier alpha value is -1.89. The van der Waals surface area contributed by atoms with Crippen molar-refractivity contribution in [2.75, 3.05) is 24.7 Å². The molecule has 0 bridgehead atoms. The zero-order valence-electron chi connectivity index (χ0n) is 14.2. The predicted octanol–water partition coefficient (Wildman–Crippen LogP) is 3.09. The van der Waals surface area contributed by atoms with Crippen LogP contribution in [0.5, 0.6) is 0 Å². The molecule has 0 aliphatic rings. The van der Waals surface area contributed by atoms with Gasteiger partial charge in [0.15, 0.2) is 0 Å². The number of rotatable bonds is 7. The SMILES string of the molecule is Cc1ccc(NC(=O)CN(CCc2ccc(Cl)cc2)S(C)(=O)=O)cc1. The van der Waals surface area contributed by atoms with Gasteiger partial charge in [-0.05, 0) is 43.2 Å². The molecule has 134 valence electrons. The summed E-state index contributed by atoms with van der Waals surface area (Å²) >= 11 is 5.84. The standard InChI is InChI=1S/C18H21ClN2O3S/c1-14-3-9-17(10-4-14)20-18(22)13-21(25(2,23)24)12-11-15-5-7-16(19)8-6-15/h3-10H,11-13H2,1-2H3,(H,20,22). The molecule has 0 radical (unpaired) electrons. The lowest BCUT2D eigenvalue weighted by Crippen LogP contribution is -2.38. The molecule has 0 unspecified atom stereocenters. The fraction of sp³-hybridized carbons (Fsp3) is 0.278. The van der Waals surface area contributed by atoms with Crippen molar-refractivity contribution in [3.8, 4) is 0 Å². The Morgan fingerprint density at radius 1 is 1.08 bits per heavy atom. The van der Waals surface area contributed by atoms with Gasteiger partial charge in [-0.25, -0.2) is 8.42 Å². The molecule has 0 saturated heterocycles. The van der Waals surface area contributed by atoms with Gasteiger partial charge in [-0.15, -0.1) is 0 Å². The zero-order valence-corrected chi connectivity index (χ0v) is 15.8. The molecule has 0 atom stereocenters. The predicted molar refractivity (Wildman–Crippen MR) is 101 cm³/mol. The molecule has 7 heteroatoms. The Balaban J connectivity index is 1.98. The Labute approximate surface area is 153 Å². The van der Waals surface area contributed by atoms with Crippen molar-refractivity contribution in [1.82, 2.24) is 4.31 Å². The maximum atomic E-state index is 12.2. The van der Waals surface area contributed by atoms with Crippen LogP contribution in [0.2, 0.25) is 5.02 Å². The van der Waals surface area contributed by atoms with Gasteiger partial charge in [-0.1, -0.05) is 41.4 Å². The van der Waals surface area contributed by atoms with Crippen molar-refractivity contribution in [3.63, 3.8) is 0 Å². The molecule has 0 fully saturated rings. The first-order valence-electron chi connectivity index (χ1n) is 7.80. The minimum atomic E-state index is -3.49. The normalized spacial score (nSPS) is 11.5. The highest BCUT2D eigenvalue weighted by atomic mass is 35.5. The molecular weight excluding hydrogens is 360 g/mol. The van der Waals surface area contributed by atoms with Crippen molar-refractivity contribution < 1.29 is 13.2 Å². The van der Waals surface area contributed by atoms with Crippen LogP contribution in [0.1, 0.15) is 11.1 Å². The number of amides is 1. The number of nitrogens with zero attached hydrogens (tertiary/aromatic N) is 1. The van der Waals surface area contributed by atoms with Gasteiger partial charge >= 0.3 is 0 Å². The van der Waals surface area contributed by atoms with Crippen LogP contribution in [0, 0.1) is 6.92 Å². The highest BCUT2D eigenvalue weighted by Crippen LogP contribution is 2.12. The van der Waals surface area contributed by atoms with Crippen LogP contribution >= 0.6 is 11.6 Å². The number of benzene rings is 2. The number of aryl methyl sites for hydroxylation is 1. The average Bonchev–Trinajstić information content (AvgIpc) is 2.54. The molecule has 1 amide bonds. The Bertz CT molecular complexity index is 818. The summed E-state index contributed by atoms with van der Waals surface area (Å²) in [5.41, 5.74) is 2.68. The van der Waals surface area contributed by atoms with E-state index in [0.717, 1.165) is 17.4 Å². The lowest BCUT2D eigenvalue weighted by Gasteiger charge is -2.19. The van der Waals surface area contributed by atoms with E-state index < -0.39 is 10.0 Å². The molecule has 2 aromatic rings. The van der Waals surface area contributed by atoms with Gasteiger partial charge in [-0.3, -0.25) is 4.79 Å². The number of carbonyl (C=O) groups is 1. The van der Waals surface area contributed by atoms with E-state index in [-0.39, 0.29) is 19.0 Å². The van der Waals surface area contributed by atoms with Crippen LogP contribution in [-0.2, 0) is 21.2 Å². The average molecular weight is 381 g/mol. The van der Waals surface area contributed by atoms with Crippen LogP contribution in [0.25, 0.3) is 0 Å². The summed E-state index contributed by atoms with van der Waals surface area (Å²) in [7, 11) is -3.49. The van der Waals surface area contributed by atoms with Crippen LogP contribution in [0.3, 0.4) is 0 Å². The fourth-order valence-corrected chi connectivity index (χ4v) is 3.17. The second kappa shape index (κ2) is 8.47. The van der Waals surface area contributed by atoms with Crippen LogP contribution < -0.4 is 5.32 Å². The first kappa shape index (κ1) is 19.4. The van der Waals surface area contributed by atoms with E-state index in [0.29, 0.717) is 17.1 Å². The van der Waals surface area contributed by atoms with E-state index in [1.54, 1.807) is 24.3 Å². The fourth-order valence-electron chi connectivity index (χ4n) is 2.26. The van der Waals surface area contributed by atoms with E-state index in [4.69, 9.17) is 11.6 Å². The number of nitrogens with one attached hydrogen (secondary N) is 1. The quantitative estimate of drug-likeness (QED) is 0.802. The van der Waals surface area contributed by atoms with Crippen molar-refractivity contribution >= 4 is 33.2 Å².